The van der Waals surface area contributed by atoms with Crippen LogP contribution in [0, 0.1) is 0 Å². The third-order valence-electron chi connectivity index (χ3n) is 8.32. The van der Waals surface area contributed by atoms with E-state index in [0.29, 0.717) is 0 Å². The Morgan fingerprint density at radius 2 is 1.07 bits per heavy atom. The lowest BCUT2D eigenvalue weighted by molar-refractivity contribution is 0.605. The van der Waals surface area contributed by atoms with Crippen LogP contribution in [0.4, 0.5) is 0 Å². The van der Waals surface area contributed by atoms with Crippen LogP contribution in [-0.2, 0) is 0 Å². The fourth-order valence-electron chi connectivity index (χ4n) is 6.12. The van der Waals surface area contributed by atoms with E-state index in [1.807, 2.05) is 23.5 Å². The standard InChI is InChI=1S/C38H32N2OS2/c1-37(2)21-42-35(39-37)25-13-9-23(10-14-25)27-17-18-30-32(19-27)41-33-20-31(28-7-5-6-8-29(28)34(30)33)24-11-15-26(16-12-24)36-40-38(3,4)22-43-36/h5-20H,21-22H2,1-4H3. The molecule has 0 N–H and O–H groups in total. The average molecular weight is 597 g/mol. The van der Waals surface area contributed by atoms with E-state index in [1.54, 1.807) is 0 Å². The third kappa shape index (κ3) is 4.79. The highest BCUT2D eigenvalue weighted by atomic mass is 32.2. The molecule has 0 saturated carbocycles. The SMILES string of the molecule is CC1(C)CSC(c2ccc(-c3ccc4c(c3)oc3cc(-c5ccc(C6=NC(C)(C)CS6)cc5)c5ccccc5c34)cc2)=N1. The summed E-state index contributed by atoms with van der Waals surface area (Å²) >= 11 is 3.69. The fourth-order valence-corrected chi connectivity index (χ4v) is 8.46. The van der Waals surface area contributed by atoms with E-state index in [1.165, 1.54) is 44.0 Å². The molecule has 0 atom stereocenters. The number of fused-ring (bicyclic) bond motifs is 5. The van der Waals surface area contributed by atoms with Gasteiger partial charge in [-0.15, -0.1) is 23.5 Å². The van der Waals surface area contributed by atoms with E-state index >= 15 is 0 Å². The largest absolute Gasteiger partial charge is 0.456 e. The summed E-state index contributed by atoms with van der Waals surface area (Å²) in [6.45, 7) is 8.78. The Hall–Kier alpha value is -3.80. The van der Waals surface area contributed by atoms with Crippen LogP contribution in [0.3, 0.4) is 0 Å². The van der Waals surface area contributed by atoms with Crippen molar-refractivity contribution in [3.05, 3.63) is 108 Å². The predicted molar refractivity (Wildman–Crippen MR) is 188 cm³/mol. The van der Waals surface area contributed by atoms with E-state index in [0.717, 1.165) is 43.7 Å². The first-order valence-corrected chi connectivity index (χ1v) is 16.8. The molecule has 212 valence electrons. The fraction of sp³-hybridized carbons (Fsp3) is 0.211. The molecule has 43 heavy (non-hydrogen) atoms. The Balaban J connectivity index is 1.19. The minimum Gasteiger partial charge on any atom is -0.456 e. The highest BCUT2D eigenvalue weighted by molar-refractivity contribution is 8.15. The molecule has 0 spiro atoms. The smallest absolute Gasteiger partial charge is 0.136 e. The van der Waals surface area contributed by atoms with Gasteiger partial charge in [0, 0.05) is 33.4 Å². The van der Waals surface area contributed by atoms with Crippen LogP contribution in [-0.4, -0.2) is 32.7 Å². The van der Waals surface area contributed by atoms with Crippen LogP contribution in [0.5, 0.6) is 0 Å². The molecule has 3 heterocycles. The zero-order chi connectivity index (χ0) is 29.3. The maximum absolute atomic E-state index is 6.60. The molecule has 0 bridgehead atoms. The van der Waals surface area contributed by atoms with Gasteiger partial charge in [0.2, 0.25) is 0 Å². The van der Waals surface area contributed by atoms with Crippen LogP contribution >= 0.6 is 23.5 Å². The Morgan fingerprint density at radius 1 is 0.535 bits per heavy atom. The molecule has 3 nitrogen and oxygen atoms in total. The van der Waals surface area contributed by atoms with Gasteiger partial charge in [-0.25, -0.2) is 0 Å². The summed E-state index contributed by atoms with van der Waals surface area (Å²) in [4.78, 5) is 9.82. The van der Waals surface area contributed by atoms with E-state index in [2.05, 4.69) is 125 Å². The molecular weight excluding hydrogens is 565 g/mol. The van der Waals surface area contributed by atoms with Gasteiger partial charge in [-0.1, -0.05) is 78.9 Å². The highest BCUT2D eigenvalue weighted by Crippen LogP contribution is 2.41. The van der Waals surface area contributed by atoms with Gasteiger partial charge in [0.05, 0.1) is 21.2 Å². The first kappa shape index (κ1) is 26.8. The monoisotopic (exact) mass is 596 g/mol. The summed E-state index contributed by atoms with van der Waals surface area (Å²) in [5.74, 6) is 2.06. The Labute approximate surface area is 260 Å². The van der Waals surface area contributed by atoms with Crippen LogP contribution in [0.15, 0.2) is 111 Å². The summed E-state index contributed by atoms with van der Waals surface area (Å²) in [5, 5.41) is 7.03. The highest BCUT2D eigenvalue weighted by Gasteiger charge is 2.27. The van der Waals surface area contributed by atoms with Gasteiger partial charge in [0.1, 0.15) is 11.2 Å². The third-order valence-corrected chi connectivity index (χ3v) is 11.2. The van der Waals surface area contributed by atoms with E-state index in [4.69, 9.17) is 14.4 Å². The number of nitrogens with zero attached hydrogens (tertiary/aromatic N) is 2. The summed E-state index contributed by atoms with van der Waals surface area (Å²) < 4.78 is 6.60. The summed E-state index contributed by atoms with van der Waals surface area (Å²) in [7, 11) is 0. The number of thioether (sulfide) groups is 2. The lowest BCUT2D eigenvalue weighted by Crippen LogP contribution is -2.15. The number of hydrogen-bond donors (Lipinski definition) is 0. The van der Waals surface area contributed by atoms with Gasteiger partial charge in [-0.2, -0.15) is 0 Å². The topological polar surface area (TPSA) is 37.9 Å². The minimum absolute atomic E-state index is 0.00583. The van der Waals surface area contributed by atoms with Crippen molar-refractivity contribution in [1.82, 2.24) is 0 Å². The van der Waals surface area contributed by atoms with E-state index < -0.39 is 0 Å². The maximum atomic E-state index is 6.60. The second-order valence-electron chi connectivity index (χ2n) is 12.8. The molecule has 5 heteroatoms. The van der Waals surface area contributed by atoms with Gasteiger partial charge in [-0.3, -0.25) is 9.98 Å². The summed E-state index contributed by atoms with van der Waals surface area (Å²) in [5.41, 5.74) is 8.90. The van der Waals surface area contributed by atoms with Crippen LogP contribution < -0.4 is 0 Å². The zero-order valence-electron chi connectivity index (χ0n) is 24.8. The first-order valence-electron chi connectivity index (χ1n) is 14.8. The molecule has 0 aliphatic carbocycles. The lowest BCUT2D eigenvalue weighted by Gasteiger charge is -2.10. The van der Waals surface area contributed by atoms with Gasteiger partial charge in [0.25, 0.3) is 0 Å². The summed E-state index contributed by atoms with van der Waals surface area (Å²) in [6, 6.07) is 35.1. The van der Waals surface area contributed by atoms with Crippen molar-refractivity contribution in [2.24, 2.45) is 9.98 Å². The van der Waals surface area contributed by atoms with Crippen LogP contribution in [0.2, 0.25) is 0 Å². The number of furan rings is 1. The van der Waals surface area contributed by atoms with Crippen molar-refractivity contribution < 1.29 is 4.42 Å². The number of hydrogen-bond acceptors (Lipinski definition) is 5. The molecule has 5 aromatic carbocycles. The minimum atomic E-state index is 0.00583. The molecule has 2 aliphatic heterocycles. The van der Waals surface area contributed by atoms with Crippen molar-refractivity contribution in [3.8, 4) is 22.3 Å². The van der Waals surface area contributed by atoms with Gasteiger partial charge >= 0.3 is 0 Å². The van der Waals surface area contributed by atoms with Gasteiger partial charge < -0.3 is 4.42 Å². The van der Waals surface area contributed by atoms with E-state index in [-0.39, 0.29) is 11.1 Å². The Morgan fingerprint density at radius 3 is 1.65 bits per heavy atom. The maximum Gasteiger partial charge on any atom is 0.136 e. The molecule has 0 unspecified atom stereocenters. The quantitative estimate of drug-likeness (QED) is 0.203. The summed E-state index contributed by atoms with van der Waals surface area (Å²) in [6.07, 6.45) is 0. The molecule has 0 amide bonds. The molecule has 0 fully saturated rings. The van der Waals surface area contributed by atoms with Crippen molar-refractivity contribution in [2.75, 3.05) is 11.5 Å². The molecule has 2 aliphatic rings. The average Bonchev–Trinajstić information content (AvgIpc) is 3.69. The molecule has 0 radical (unpaired) electrons. The van der Waals surface area contributed by atoms with Crippen molar-refractivity contribution in [1.29, 1.82) is 0 Å². The number of rotatable bonds is 4. The molecule has 8 rings (SSSR count). The molecular formula is C38H32N2OS2. The molecule has 1 aromatic heterocycles. The Kier molecular flexibility index (Phi) is 6.15. The molecule has 6 aromatic rings. The van der Waals surface area contributed by atoms with Crippen LogP contribution in [0.25, 0.3) is 55.0 Å². The molecule has 0 saturated heterocycles. The van der Waals surface area contributed by atoms with Crippen LogP contribution in [0.1, 0.15) is 38.8 Å². The number of aliphatic imine (C=N–C) groups is 2. The second-order valence-corrected chi connectivity index (χ2v) is 14.8. The first-order chi connectivity index (χ1) is 20.7. The Bertz CT molecular complexity index is 2120. The lowest BCUT2D eigenvalue weighted by atomic mass is 9.94. The zero-order valence-corrected chi connectivity index (χ0v) is 26.4. The normalized spacial score (nSPS) is 17.6. The number of benzene rings is 5. The van der Waals surface area contributed by atoms with Crippen molar-refractivity contribution in [3.63, 3.8) is 0 Å². The van der Waals surface area contributed by atoms with Crippen molar-refractivity contribution in [2.45, 2.75) is 38.8 Å². The second kappa shape index (κ2) is 9.87. The van der Waals surface area contributed by atoms with Gasteiger partial charge in [-0.05, 0) is 78.9 Å². The predicted octanol–water partition coefficient (Wildman–Crippen LogP) is 10.6. The van der Waals surface area contributed by atoms with Crippen molar-refractivity contribution >= 4 is 66.3 Å². The van der Waals surface area contributed by atoms with Gasteiger partial charge in [0.15, 0.2) is 0 Å². The van der Waals surface area contributed by atoms with E-state index in [9.17, 15) is 0 Å².